The Morgan fingerprint density at radius 2 is 2.45 bits per heavy atom. The topological polar surface area (TPSA) is 20.2 Å². The molecule has 0 bridgehead atoms. The number of hydrogen-bond acceptors (Lipinski definition) is 1. The summed E-state index contributed by atoms with van der Waals surface area (Å²) in [7, 11) is 0. The van der Waals surface area contributed by atoms with Crippen LogP contribution in [0.3, 0.4) is 0 Å². The summed E-state index contributed by atoms with van der Waals surface area (Å²) < 4.78 is 0. The van der Waals surface area contributed by atoms with Crippen LogP contribution in [-0.2, 0) is 0 Å². The number of hydrogen-bond donors (Lipinski definition) is 1. The Balaban J connectivity index is 2.32. The molecule has 64 valence electrons. The molecular formula is C10H18O. The van der Waals surface area contributed by atoms with Gasteiger partial charge in [0.25, 0.3) is 0 Å². The van der Waals surface area contributed by atoms with Crippen molar-refractivity contribution >= 4 is 0 Å². The highest BCUT2D eigenvalue weighted by atomic mass is 16.3. The summed E-state index contributed by atoms with van der Waals surface area (Å²) in [6, 6.07) is 0. The number of allylic oxidation sites excluding steroid dienone is 2. The summed E-state index contributed by atoms with van der Waals surface area (Å²) in [5.74, 6) is 1.40. The van der Waals surface area contributed by atoms with Gasteiger partial charge in [0, 0.05) is 6.61 Å². The first-order valence-corrected chi connectivity index (χ1v) is 4.62. The van der Waals surface area contributed by atoms with Gasteiger partial charge in [-0.15, -0.1) is 0 Å². The van der Waals surface area contributed by atoms with E-state index < -0.39 is 0 Å². The zero-order valence-electron chi connectivity index (χ0n) is 7.29. The van der Waals surface area contributed by atoms with Crippen LogP contribution in [0.4, 0.5) is 0 Å². The van der Waals surface area contributed by atoms with Crippen LogP contribution in [0.2, 0.25) is 0 Å². The van der Waals surface area contributed by atoms with E-state index in [9.17, 15) is 0 Å². The molecule has 0 saturated heterocycles. The molecule has 0 aromatic carbocycles. The van der Waals surface area contributed by atoms with Crippen molar-refractivity contribution in [2.24, 2.45) is 11.8 Å². The van der Waals surface area contributed by atoms with E-state index in [1.165, 1.54) is 19.3 Å². The second kappa shape index (κ2) is 4.55. The summed E-state index contributed by atoms with van der Waals surface area (Å²) in [5.41, 5.74) is 0. The molecule has 0 fully saturated rings. The largest absolute Gasteiger partial charge is 0.396 e. The van der Waals surface area contributed by atoms with Crippen LogP contribution in [0, 0.1) is 11.8 Å². The fourth-order valence-corrected chi connectivity index (χ4v) is 1.73. The van der Waals surface area contributed by atoms with E-state index >= 15 is 0 Å². The van der Waals surface area contributed by atoms with E-state index in [0.717, 1.165) is 12.3 Å². The molecule has 0 aromatic rings. The lowest BCUT2D eigenvalue weighted by Crippen LogP contribution is -2.12. The van der Waals surface area contributed by atoms with Gasteiger partial charge >= 0.3 is 0 Å². The third-order valence-electron chi connectivity index (χ3n) is 2.61. The lowest BCUT2D eigenvalue weighted by molar-refractivity contribution is 0.237. The molecule has 0 saturated carbocycles. The molecule has 1 unspecified atom stereocenters. The van der Waals surface area contributed by atoms with Gasteiger partial charge in [-0.1, -0.05) is 19.1 Å². The molecule has 1 rings (SSSR count). The quantitative estimate of drug-likeness (QED) is 0.619. The van der Waals surface area contributed by atoms with E-state index in [1.54, 1.807) is 0 Å². The molecule has 0 aliphatic heterocycles. The molecule has 1 N–H and O–H groups in total. The average molecular weight is 154 g/mol. The van der Waals surface area contributed by atoms with Crippen molar-refractivity contribution in [3.05, 3.63) is 12.2 Å². The van der Waals surface area contributed by atoms with Gasteiger partial charge in [0.1, 0.15) is 0 Å². The van der Waals surface area contributed by atoms with Crippen LogP contribution < -0.4 is 0 Å². The summed E-state index contributed by atoms with van der Waals surface area (Å²) >= 11 is 0. The third-order valence-corrected chi connectivity index (χ3v) is 2.61. The van der Waals surface area contributed by atoms with Crippen molar-refractivity contribution in [3.8, 4) is 0 Å². The molecular weight excluding hydrogens is 136 g/mol. The van der Waals surface area contributed by atoms with Gasteiger partial charge in [0.2, 0.25) is 0 Å². The maximum absolute atomic E-state index is 8.74. The molecule has 1 aliphatic rings. The van der Waals surface area contributed by atoms with Crippen molar-refractivity contribution in [2.75, 3.05) is 6.61 Å². The highest BCUT2D eigenvalue weighted by Crippen LogP contribution is 2.26. The Morgan fingerprint density at radius 1 is 1.64 bits per heavy atom. The standard InChI is InChI=1S/C10H18O/c1-9(7-8-11)10-5-3-2-4-6-10/h3,5,9-11H,2,4,6-8H2,1H3/t9-,10?/m0/s1. The second-order valence-corrected chi connectivity index (χ2v) is 3.51. The Kier molecular flexibility index (Phi) is 3.64. The molecule has 0 radical (unpaired) electrons. The lowest BCUT2D eigenvalue weighted by Gasteiger charge is -2.22. The molecule has 11 heavy (non-hydrogen) atoms. The van der Waals surface area contributed by atoms with Gasteiger partial charge in [-0.25, -0.2) is 0 Å². The van der Waals surface area contributed by atoms with Crippen LogP contribution in [0.1, 0.15) is 32.6 Å². The normalized spacial score (nSPS) is 26.9. The van der Waals surface area contributed by atoms with Crippen LogP contribution in [-0.4, -0.2) is 11.7 Å². The number of rotatable bonds is 3. The predicted octanol–water partition coefficient (Wildman–Crippen LogP) is 2.36. The second-order valence-electron chi connectivity index (χ2n) is 3.51. The Bertz CT molecular complexity index is 129. The van der Waals surface area contributed by atoms with Crippen molar-refractivity contribution in [1.29, 1.82) is 0 Å². The van der Waals surface area contributed by atoms with E-state index in [-0.39, 0.29) is 0 Å². The molecule has 1 aliphatic carbocycles. The van der Waals surface area contributed by atoms with Gasteiger partial charge in [0.15, 0.2) is 0 Å². The fraction of sp³-hybridized carbons (Fsp3) is 0.800. The molecule has 1 nitrogen and oxygen atoms in total. The van der Waals surface area contributed by atoms with Crippen molar-refractivity contribution in [2.45, 2.75) is 32.6 Å². The van der Waals surface area contributed by atoms with E-state index in [0.29, 0.717) is 12.5 Å². The zero-order chi connectivity index (χ0) is 8.10. The Hall–Kier alpha value is -0.300. The van der Waals surface area contributed by atoms with Crippen LogP contribution in [0.15, 0.2) is 12.2 Å². The molecule has 0 aromatic heterocycles. The van der Waals surface area contributed by atoms with Crippen molar-refractivity contribution in [1.82, 2.24) is 0 Å². The zero-order valence-corrected chi connectivity index (χ0v) is 7.29. The maximum Gasteiger partial charge on any atom is 0.0433 e. The first kappa shape index (κ1) is 8.79. The van der Waals surface area contributed by atoms with Crippen LogP contribution in [0.25, 0.3) is 0 Å². The summed E-state index contributed by atoms with van der Waals surface area (Å²) in [4.78, 5) is 0. The average Bonchev–Trinajstić information content (AvgIpc) is 2.07. The molecule has 0 heterocycles. The molecule has 0 amide bonds. The van der Waals surface area contributed by atoms with Crippen molar-refractivity contribution < 1.29 is 5.11 Å². The van der Waals surface area contributed by atoms with Gasteiger partial charge in [-0.05, 0) is 37.5 Å². The van der Waals surface area contributed by atoms with E-state index in [4.69, 9.17) is 5.11 Å². The van der Waals surface area contributed by atoms with Gasteiger partial charge in [-0.2, -0.15) is 0 Å². The first-order chi connectivity index (χ1) is 5.34. The van der Waals surface area contributed by atoms with Gasteiger partial charge in [0.05, 0.1) is 0 Å². The highest BCUT2D eigenvalue weighted by Gasteiger charge is 2.15. The molecule has 0 spiro atoms. The molecule has 1 heteroatoms. The van der Waals surface area contributed by atoms with Gasteiger partial charge in [-0.3, -0.25) is 0 Å². The Morgan fingerprint density at radius 3 is 3.00 bits per heavy atom. The first-order valence-electron chi connectivity index (χ1n) is 4.62. The monoisotopic (exact) mass is 154 g/mol. The predicted molar refractivity (Wildman–Crippen MR) is 47.3 cm³/mol. The number of aliphatic hydroxyl groups excluding tert-OH is 1. The van der Waals surface area contributed by atoms with E-state index in [2.05, 4.69) is 19.1 Å². The minimum atomic E-state index is 0.339. The molecule has 2 atom stereocenters. The maximum atomic E-state index is 8.74. The highest BCUT2D eigenvalue weighted by molar-refractivity contribution is 4.94. The fourth-order valence-electron chi connectivity index (χ4n) is 1.73. The van der Waals surface area contributed by atoms with Gasteiger partial charge < -0.3 is 5.11 Å². The lowest BCUT2D eigenvalue weighted by atomic mass is 9.84. The number of aliphatic hydroxyl groups is 1. The smallest absolute Gasteiger partial charge is 0.0433 e. The Labute approximate surface area is 69.1 Å². The summed E-state index contributed by atoms with van der Waals surface area (Å²) in [6.07, 6.45) is 9.46. The summed E-state index contributed by atoms with van der Waals surface area (Å²) in [6.45, 7) is 2.57. The third kappa shape index (κ3) is 2.66. The SMILES string of the molecule is C[C@@H](CCO)C1C=CCCC1. The van der Waals surface area contributed by atoms with Crippen LogP contribution in [0.5, 0.6) is 0 Å². The summed E-state index contributed by atoms with van der Waals surface area (Å²) in [5, 5.41) is 8.74. The minimum absolute atomic E-state index is 0.339. The minimum Gasteiger partial charge on any atom is -0.396 e. The van der Waals surface area contributed by atoms with Crippen LogP contribution >= 0.6 is 0 Å². The van der Waals surface area contributed by atoms with E-state index in [1.807, 2.05) is 0 Å². The van der Waals surface area contributed by atoms with Crippen molar-refractivity contribution in [3.63, 3.8) is 0 Å².